The second-order valence-electron chi connectivity index (χ2n) is 9.11. The maximum absolute atomic E-state index is 11.9. The Bertz CT molecular complexity index is 634. The zero-order valence-corrected chi connectivity index (χ0v) is 15.9. The molecule has 24 heavy (non-hydrogen) atoms. The predicted octanol–water partition coefficient (Wildman–Crippen LogP) is 5.56. The molecule has 5 rings (SSSR count). The molecule has 4 fully saturated rings. The van der Waals surface area contributed by atoms with Gasteiger partial charge in [0, 0.05) is 23.5 Å². The summed E-state index contributed by atoms with van der Waals surface area (Å²) in [6.45, 7) is 8.53. The minimum absolute atomic E-state index is 0.364. The fourth-order valence-electron chi connectivity index (χ4n) is 8.39. The van der Waals surface area contributed by atoms with Gasteiger partial charge in [-0.05, 0) is 80.6 Å². The van der Waals surface area contributed by atoms with Crippen molar-refractivity contribution >= 4 is 11.5 Å². The molecule has 0 aromatic rings. The molecule has 0 bridgehead atoms. The van der Waals surface area contributed by atoms with Gasteiger partial charge < -0.3 is 5.41 Å². The molecule has 0 aromatic heterocycles. The zero-order valence-electron chi connectivity index (χ0n) is 15.9. The number of rotatable bonds is 1. The minimum Gasteiger partial charge on any atom is -0.310 e. The van der Waals surface area contributed by atoms with Gasteiger partial charge in [-0.25, -0.2) is 0 Å². The lowest BCUT2D eigenvalue weighted by Gasteiger charge is -2.45. The van der Waals surface area contributed by atoms with Gasteiger partial charge in [0.05, 0.1) is 0 Å². The Morgan fingerprint density at radius 1 is 1.08 bits per heavy atom. The Hall–Kier alpha value is -0.920. The number of hydrogen-bond acceptors (Lipinski definition) is 2. The van der Waals surface area contributed by atoms with Crippen LogP contribution in [0.5, 0.6) is 0 Å². The molecule has 2 nitrogen and oxygen atoms in total. The van der Waals surface area contributed by atoms with Crippen molar-refractivity contribution in [2.45, 2.75) is 79.1 Å². The van der Waals surface area contributed by atoms with Crippen molar-refractivity contribution in [3.8, 4) is 0 Å². The molecule has 6 unspecified atom stereocenters. The summed E-state index contributed by atoms with van der Waals surface area (Å²) in [6, 6.07) is 0. The summed E-state index contributed by atoms with van der Waals surface area (Å²) in [5.74, 6) is 2.58. The SMILES string of the molecule is CC.CC(=N)C1CCC2C1(C)CCC1C34CCC(=O)C=C3CCC214. The molecular weight excluding hydrogens is 294 g/mol. The average molecular weight is 328 g/mol. The monoisotopic (exact) mass is 327 g/mol. The molecule has 5 aliphatic rings. The molecule has 2 spiro atoms. The molecule has 2 heteroatoms. The van der Waals surface area contributed by atoms with Crippen molar-refractivity contribution in [1.29, 1.82) is 5.41 Å². The third kappa shape index (κ3) is 1.59. The number of nitrogens with one attached hydrogen (secondary N) is 1. The van der Waals surface area contributed by atoms with Gasteiger partial charge in [-0.1, -0.05) is 26.3 Å². The van der Waals surface area contributed by atoms with Crippen LogP contribution >= 0.6 is 0 Å². The van der Waals surface area contributed by atoms with Crippen LogP contribution in [0.4, 0.5) is 0 Å². The van der Waals surface area contributed by atoms with Crippen molar-refractivity contribution in [2.24, 2.45) is 34.0 Å². The van der Waals surface area contributed by atoms with E-state index < -0.39 is 0 Å². The van der Waals surface area contributed by atoms with E-state index >= 15 is 0 Å². The van der Waals surface area contributed by atoms with Crippen molar-refractivity contribution in [1.82, 2.24) is 0 Å². The molecule has 0 radical (unpaired) electrons. The van der Waals surface area contributed by atoms with Crippen molar-refractivity contribution in [3.63, 3.8) is 0 Å². The molecule has 6 atom stereocenters. The number of carbonyl (C=O) groups excluding carboxylic acids is 1. The highest BCUT2D eigenvalue weighted by atomic mass is 16.1. The Balaban J connectivity index is 0.000000704. The Morgan fingerprint density at radius 3 is 2.54 bits per heavy atom. The fourth-order valence-corrected chi connectivity index (χ4v) is 8.39. The van der Waals surface area contributed by atoms with E-state index in [0.29, 0.717) is 27.9 Å². The second-order valence-corrected chi connectivity index (χ2v) is 9.11. The molecule has 0 aromatic carbocycles. The van der Waals surface area contributed by atoms with Crippen LogP contribution in [0.1, 0.15) is 79.1 Å². The first-order valence-corrected chi connectivity index (χ1v) is 10.3. The van der Waals surface area contributed by atoms with Crippen LogP contribution in [0.25, 0.3) is 0 Å². The van der Waals surface area contributed by atoms with Gasteiger partial charge in [-0.2, -0.15) is 0 Å². The van der Waals surface area contributed by atoms with Crippen LogP contribution in [0.15, 0.2) is 11.6 Å². The average Bonchev–Trinajstić information content (AvgIpc) is 2.82. The van der Waals surface area contributed by atoms with Crippen molar-refractivity contribution in [2.75, 3.05) is 0 Å². The number of allylic oxidation sites excluding steroid dienone is 1. The Kier molecular flexibility index (Phi) is 3.48. The maximum atomic E-state index is 11.9. The number of carbonyl (C=O) groups is 1. The molecule has 4 saturated carbocycles. The highest BCUT2D eigenvalue weighted by Gasteiger charge is 2.85. The lowest BCUT2D eigenvalue weighted by Crippen LogP contribution is -2.40. The van der Waals surface area contributed by atoms with Gasteiger partial charge in [0.2, 0.25) is 0 Å². The standard InChI is InChI=1S/C20H27NO.C2H6/c1-12(21)15-3-4-16-18(15,2)8-7-17-19-10-6-14(22)11-13(19)5-9-20(16,17)19;1-2/h11,15-17,21H,3-10H2,1-2H3;1-2H3. The summed E-state index contributed by atoms with van der Waals surface area (Å²) in [6.07, 6.45) is 11.7. The molecule has 0 aliphatic heterocycles. The summed E-state index contributed by atoms with van der Waals surface area (Å²) in [5, 5.41) is 8.26. The molecule has 0 amide bonds. The Morgan fingerprint density at radius 2 is 1.83 bits per heavy atom. The van der Waals surface area contributed by atoms with E-state index in [1.165, 1.54) is 44.1 Å². The fraction of sp³-hybridized carbons (Fsp3) is 0.818. The van der Waals surface area contributed by atoms with Crippen LogP contribution < -0.4 is 0 Å². The van der Waals surface area contributed by atoms with Crippen LogP contribution in [0, 0.1) is 39.4 Å². The van der Waals surface area contributed by atoms with Gasteiger partial charge in [0.1, 0.15) is 0 Å². The van der Waals surface area contributed by atoms with Crippen LogP contribution in [-0.4, -0.2) is 11.5 Å². The Labute approximate surface area is 147 Å². The second kappa shape index (κ2) is 5.05. The van der Waals surface area contributed by atoms with Crippen LogP contribution in [0.2, 0.25) is 0 Å². The van der Waals surface area contributed by atoms with Gasteiger partial charge in [-0.3, -0.25) is 4.79 Å². The highest BCUT2D eigenvalue weighted by molar-refractivity contribution is 5.92. The van der Waals surface area contributed by atoms with E-state index in [-0.39, 0.29) is 0 Å². The van der Waals surface area contributed by atoms with E-state index in [1.54, 1.807) is 0 Å². The molecule has 5 aliphatic carbocycles. The first-order valence-electron chi connectivity index (χ1n) is 10.3. The molecule has 0 heterocycles. The largest absolute Gasteiger partial charge is 0.310 e. The quantitative estimate of drug-likeness (QED) is 0.629. The molecular formula is C22H33NO. The summed E-state index contributed by atoms with van der Waals surface area (Å²) < 4.78 is 0. The first-order chi connectivity index (χ1) is 11.5. The molecule has 1 N–H and O–H groups in total. The number of fused-ring (bicyclic) bond motifs is 1. The third-order valence-corrected chi connectivity index (χ3v) is 8.90. The molecule has 0 saturated heterocycles. The lowest BCUT2D eigenvalue weighted by atomic mass is 9.59. The third-order valence-electron chi connectivity index (χ3n) is 8.90. The van der Waals surface area contributed by atoms with E-state index in [0.717, 1.165) is 30.4 Å². The van der Waals surface area contributed by atoms with Crippen molar-refractivity contribution < 1.29 is 4.79 Å². The van der Waals surface area contributed by atoms with Crippen LogP contribution in [-0.2, 0) is 4.79 Å². The normalized spacial score (nSPS) is 50.6. The maximum Gasteiger partial charge on any atom is 0.155 e. The molecule has 132 valence electrons. The zero-order chi connectivity index (χ0) is 17.3. The smallest absolute Gasteiger partial charge is 0.155 e. The highest BCUT2D eigenvalue weighted by Crippen LogP contribution is 2.91. The number of hydrogen-bond donors (Lipinski definition) is 1. The first kappa shape index (κ1) is 16.5. The predicted molar refractivity (Wildman–Crippen MR) is 98.2 cm³/mol. The van der Waals surface area contributed by atoms with Gasteiger partial charge >= 0.3 is 0 Å². The summed E-state index contributed by atoms with van der Waals surface area (Å²) >= 11 is 0. The van der Waals surface area contributed by atoms with Crippen LogP contribution in [0.3, 0.4) is 0 Å². The summed E-state index contributed by atoms with van der Waals surface area (Å²) in [7, 11) is 0. The lowest BCUT2D eigenvalue weighted by molar-refractivity contribution is -0.115. The topological polar surface area (TPSA) is 40.9 Å². The van der Waals surface area contributed by atoms with E-state index in [4.69, 9.17) is 5.41 Å². The van der Waals surface area contributed by atoms with Gasteiger partial charge in [0.15, 0.2) is 5.78 Å². The van der Waals surface area contributed by atoms with Gasteiger partial charge in [-0.15, -0.1) is 0 Å². The summed E-state index contributed by atoms with van der Waals surface area (Å²) in [4.78, 5) is 11.9. The van der Waals surface area contributed by atoms with E-state index in [9.17, 15) is 4.79 Å². The number of ketones is 1. The minimum atomic E-state index is 0.364. The van der Waals surface area contributed by atoms with Gasteiger partial charge in [0.25, 0.3) is 0 Å². The van der Waals surface area contributed by atoms with Crippen molar-refractivity contribution in [3.05, 3.63) is 11.6 Å². The summed E-state index contributed by atoms with van der Waals surface area (Å²) in [5.41, 5.74) is 3.77. The van der Waals surface area contributed by atoms with E-state index in [1.807, 2.05) is 26.8 Å². The van der Waals surface area contributed by atoms with E-state index in [2.05, 4.69) is 6.92 Å².